The third kappa shape index (κ3) is 4.30. The van der Waals surface area contributed by atoms with Crippen molar-refractivity contribution in [2.24, 2.45) is 0 Å². The van der Waals surface area contributed by atoms with Crippen LogP contribution in [0, 0.1) is 0 Å². The highest BCUT2D eigenvalue weighted by Crippen LogP contribution is 2.37. The number of carbonyl (C=O) groups is 1. The van der Waals surface area contributed by atoms with Crippen LogP contribution < -0.4 is 5.32 Å². The van der Waals surface area contributed by atoms with Crippen molar-refractivity contribution in [2.75, 3.05) is 12.8 Å². The maximum absolute atomic E-state index is 12.9. The maximum Gasteiger partial charge on any atom is 0.322 e. The first kappa shape index (κ1) is 22.1. The summed E-state index contributed by atoms with van der Waals surface area (Å²) in [5.41, 5.74) is 4.82. The minimum absolute atomic E-state index is 0.109. The van der Waals surface area contributed by atoms with Crippen LogP contribution in [-0.2, 0) is 6.42 Å². The Morgan fingerprint density at radius 3 is 2.44 bits per heavy atom. The number of allylic oxidation sites excluding steroid dienone is 1. The van der Waals surface area contributed by atoms with Crippen molar-refractivity contribution in [3.05, 3.63) is 71.2 Å². The summed E-state index contributed by atoms with van der Waals surface area (Å²) < 4.78 is 5.74. The molecule has 7 heteroatoms. The van der Waals surface area contributed by atoms with Crippen molar-refractivity contribution in [1.29, 1.82) is 0 Å². The smallest absolute Gasteiger partial charge is 0.322 e. The SMILES string of the molecule is CCCN1C(=O)NC(c2ccc(SC)cc2)C(c2nc(-c3ccc(CC)cc3)no2)=C1C. The van der Waals surface area contributed by atoms with Crippen molar-refractivity contribution in [3.8, 4) is 11.4 Å². The molecule has 0 spiro atoms. The van der Waals surface area contributed by atoms with Gasteiger partial charge in [0.2, 0.25) is 5.82 Å². The van der Waals surface area contributed by atoms with Crippen LogP contribution in [-0.4, -0.2) is 33.9 Å². The summed E-state index contributed by atoms with van der Waals surface area (Å²) in [7, 11) is 0. The molecule has 2 amide bonds. The molecule has 1 aliphatic heterocycles. The molecule has 1 aromatic heterocycles. The average molecular weight is 449 g/mol. The molecule has 1 aliphatic rings. The third-order valence-corrected chi connectivity index (χ3v) is 6.51. The molecule has 6 nitrogen and oxygen atoms in total. The first-order valence-electron chi connectivity index (χ1n) is 10.9. The lowest BCUT2D eigenvalue weighted by atomic mass is 9.94. The number of carbonyl (C=O) groups excluding carboxylic acids is 1. The van der Waals surface area contributed by atoms with E-state index >= 15 is 0 Å². The molecule has 0 saturated carbocycles. The first-order valence-corrected chi connectivity index (χ1v) is 12.1. The van der Waals surface area contributed by atoms with E-state index in [2.05, 4.69) is 48.6 Å². The number of nitrogens with zero attached hydrogens (tertiary/aromatic N) is 3. The Bertz CT molecular complexity index is 1120. The highest BCUT2D eigenvalue weighted by atomic mass is 32.2. The number of nitrogens with one attached hydrogen (secondary N) is 1. The van der Waals surface area contributed by atoms with Gasteiger partial charge in [-0.15, -0.1) is 11.8 Å². The highest BCUT2D eigenvalue weighted by molar-refractivity contribution is 7.98. The number of thioether (sulfide) groups is 1. The molecule has 0 saturated heterocycles. The van der Waals surface area contributed by atoms with Crippen LogP contribution in [0.15, 0.2) is 63.6 Å². The topological polar surface area (TPSA) is 71.3 Å². The number of amides is 2. The van der Waals surface area contributed by atoms with Gasteiger partial charge in [-0.2, -0.15) is 4.98 Å². The summed E-state index contributed by atoms with van der Waals surface area (Å²) in [6.07, 6.45) is 3.88. The van der Waals surface area contributed by atoms with Crippen molar-refractivity contribution >= 4 is 23.4 Å². The molecule has 0 fully saturated rings. The van der Waals surface area contributed by atoms with Crippen LogP contribution in [0.25, 0.3) is 17.0 Å². The molecule has 0 bridgehead atoms. The summed E-state index contributed by atoms with van der Waals surface area (Å²) in [5.74, 6) is 0.968. The first-order chi connectivity index (χ1) is 15.5. The van der Waals surface area contributed by atoms with E-state index in [-0.39, 0.29) is 12.1 Å². The van der Waals surface area contributed by atoms with E-state index in [4.69, 9.17) is 9.51 Å². The Morgan fingerprint density at radius 1 is 1.09 bits per heavy atom. The lowest BCUT2D eigenvalue weighted by Crippen LogP contribution is -2.46. The zero-order valence-corrected chi connectivity index (χ0v) is 19.7. The summed E-state index contributed by atoms with van der Waals surface area (Å²) in [4.78, 5) is 20.5. The van der Waals surface area contributed by atoms with Crippen LogP contribution in [0.1, 0.15) is 50.3 Å². The lowest BCUT2D eigenvalue weighted by Gasteiger charge is -2.35. The number of hydrogen-bond donors (Lipinski definition) is 1. The van der Waals surface area contributed by atoms with E-state index in [1.807, 2.05) is 37.4 Å². The maximum atomic E-state index is 12.9. The number of hydrogen-bond acceptors (Lipinski definition) is 5. The zero-order chi connectivity index (χ0) is 22.7. The number of urea groups is 1. The fourth-order valence-electron chi connectivity index (χ4n) is 3.94. The van der Waals surface area contributed by atoms with E-state index in [0.717, 1.165) is 35.2 Å². The van der Waals surface area contributed by atoms with Crippen molar-refractivity contribution < 1.29 is 9.32 Å². The van der Waals surface area contributed by atoms with Crippen LogP contribution >= 0.6 is 11.8 Å². The average Bonchev–Trinajstić information content (AvgIpc) is 3.31. The number of aryl methyl sites for hydroxylation is 1. The normalized spacial score (nSPS) is 16.4. The largest absolute Gasteiger partial charge is 0.334 e. The molecular weight excluding hydrogens is 420 g/mol. The predicted octanol–water partition coefficient (Wildman–Crippen LogP) is 5.93. The van der Waals surface area contributed by atoms with Gasteiger partial charge in [0.1, 0.15) is 0 Å². The van der Waals surface area contributed by atoms with Crippen LogP contribution in [0.3, 0.4) is 0 Å². The van der Waals surface area contributed by atoms with Crippen molar-refractivity contribution in [3.63, 3.8) is 0 Å². The van der Waals surface area contributed by atoms with Gasteiger partial charge in [-0.25, -0.2) is 4.79 Å². The van der Waals surface area contributed by atoms with Gasteiger partial charge in [0.15, 0.2) is 0 Å². The van der Waals surface area contributed by atoms with Gasteiger partial charge in [0, 0.05) is 22.7 Å². The summed E-state index contributed by atoms with van der Waals surface area (Å²) in [6, 6.07) is 15.9. The molecule has 0 radical (unpaired) electrons. The minimum atomic E-state index is -0.359. The Labute approximate surface area is 193 Å². The zero-order valence-electron chi connectivity index (χ0n) is 18.9. The lowest BCUT2D eigenvalue weighted by molar-refractivity contribution is 0.205. The molecule has 2 heterocycles. The molecule has 2 aromatic carbocycles. The molecule has 1 N–H and O–H groups in total. The van der Waals surface area contributed by atoms with Crippen LogP contribution in [0.2, 0.25) is 0 Å². The van der Waals surface area contributed by atoms with E-state index in [0.29, 0.717) is 18.3 Å². The van der Waals surface area contributed by atoms with Gasteiger partial charge in [-0.3, -0.25) is 4.90 Å². The Hall–Kier alpha value is -3.06. The van der Waals surface area contributed by atoms with E-state index in [9.17, 15) is 4.79 Å². The highest BCUT2D eigenvalue weighted by Gasteiger charge is 2.35. The molecule has 4 rings (SSSR count). The number of rotatable bonds is 7. The molecule has 32 heavy (non-hydrogen) atoms. The standard InChI is InChI=1S/C25H28N4O2S/c1-5-15-29-16(3)21(22(26-25(29)30)18-11-13-20(32-4)14-12-18)24-27-23(28-31-24)19-9-7-17(6-2)8-10-19/h7-14,22H,5-6,15H2,1-4H3,(H,26,30). The van der Waals surface area contributed by atoms with Crippen LogP contribution in [0.4, 0.5) is 4.79 Å². The molecule has 3 aromatic rings. The third-order valence-electron chi connectivity index (χ3n) is 5.77. The second-order valence-corrected chi connectivity index (χ2v) is 8.66. The Morgan fingerprint density at radius 2 is 1.81 bits per heavy atom. The number of benzene rings is 2. The van der Waals surface area contributed by atoms with Crippen molar-refractivity contribution in [2.45, 2.75) is 44.6 Å². The molecule has 1 atom stereocenters. The molecule has 166 valence electrons. The molecule has 0 aliphatic carbocycles. The fourth-order valence-corrected chi connectivity index (χ4v) is 4.35. The van der Waals surface area contributed by atoms with E-state index in [1.54, 1.807) is 16.7 Å². The Balaban J connectivity index is 1.77. The second-order valence-electron chi connectivity index (χ2n) is 7.78. The van der Waals surface area contributed by atoms with Gasteiger partial charge < -0.3 is 9.84 Å². The summed E-state index contributed by atoms with van der Waals surface area (Å²) >= 11 is 1.68. The number of aromatic nitrogens is 2. The quantitative estimate of drug-likeness (QED) is 0.454. The summed E-state index contributed by atoms with van der Waals surface area (Å²) in [5, 5.41) is 7.38. The van der Waals surface area contributed by atoms with Gasteiger partial charge in [-0.05, 0) is 49.3 Å². The van der Waals surface area contributed by atoms with Gasteiger partial charge >= 0.3 is 6.03 Å². The Kier molecular flexibility index (Phi) is 6.65. The van der Waals surface area contributed by atoms with Gasteiger partial charge in [0.05, 0.1) is 11.6 Å². The van der Waals surface area contributed by atoms with Crippen LogP contribution in [0.5, 0.6) is 0 Å². The second kappa shape index (κ2) is 9.61. The molecular formula is C25H28N4O2S. The van der Waals surface area contributed by atoms with Gasteiger partial charge in [0.25, 0.3) is 5.89 Å². The van der Waals surface area contributed by atoms with Crippen molar-refractivity contribution in [1.82, 2.24) is 20.4 Å². The monoisotopic (exact) mass is 448 g/mol. The van der Waals surface area contributed by atoms with E-state index < -0.39 is 0 Å². The minimum Gasteiger partial charge on any atom is -0.334 e. The molecule has 1 unspecified atom stereocenters. The summed E-state index contributed by atoms with van der Waals surface area (Å²) in [6.45, 7) is 6.76. The van der Waals surface area contributed by atoms with E-state index in [1.165, 1.54) is 10.5 Å². The fraction of sp³-hybridized carbons (Fsp3) is 0.320. The predicted molar refractivity (Wildman–Crippen MR) is 128 cm³/mol. The van der Waals surface area contributed by atoms with Gasteiger partial charge in [-0.1, -0.05) is 55.4 Å².